The maximum absolute atomic E-state index is 3.37. The summed E-state index contributed by atoms with van der Waals surface area (Å²) in [4.78, 5) is 0. The molecule has 0 heterocycles. The molecule has 15 heavy (non-hydrogen) atoms. The molecule has 0 aliphatic carbocycles. The van der Waals surface area contributed by atoms with Gasteiger partial charge in [0.25, 0.3) is 0 Å². The summed E-state index contributed by atoms with van der Waals surface area (Å²) in [6.45, 7) is 11.2. The summed E-state index contributed by atoms with van der Waals surface area (Å²) < 4.78 is 0. The molecular formula is C14H23N. The van der Waals surface area contributed by atoms with Gasteiger partial charge in [0, 0.05) is 5.54 Å². The highest BCUT2D eigenvalue weighted by Gasteiger charge is 2.26. The van der Waals surface area contributed by atoms with E-state index in [4.69, 9.17) is 0 Å². The van der Waals surface area contributed by atoms with Crippen LogP contribution in [0.3, 0.4) is 0 Å². The second-order valence-corrected chi connectivity index (χ2v) is 5.67. The van der Waals surface area contributed by atoms with Crippen molar-refractivity contribution in [3.05, 3.63) is 35.4 Å². The summed E-state index contributed by atoms with van der Waals surface area (Å²) >= 11 is 0. The van der Waals surface area contributed by atoms with Crippen molar-refractivity contribution in [3.8, 4) is 0 Å². The molecule has 0 atom stereocenters. The first-order valence-corrected chi connectivity index (χ1v) is 5.58. The Bertz CT molecular complexity index is 331. The van der Waals surface area contributed by atoms with Gasteiger partial charge in [-0.15, -0.1) is 0 Å². The molecule has 0 amide bonds. The maximum Gasteiger partial charge on any atom is 0.0377 e. The van der Waals surface area contributed by atoms with E-state index in [2.05, 4.69) is 64.2 Å². The summed E-state index contributed by atoms with van der Waals surface area (Å²) in [5.74, 6) is 0. The predicted molar refractivity (Wildman–Crippen MR) is 67.2 cm³/mol. The Balaban J connectivity index is 3.31. The van der Waals surface area contributed by atoms with E-state index in [1.165, 1.54) is 11.1 Å². The van der Waals surface area contributed by atoms with Crippen LogP contribution in [0.4, 0.5) is 0 Å². The van der Waals surface area contributed by atoms with Crippen molar-refractivity contribution in [2.75, 3.05) is 7.05 Å². The number of hydrogen-bond acceptors (Lipinski definition) is 1. The zero-order valence-corrected chi connectivity index (χ0v) is 10.8. The van der Waals surface area contributed by atoms with Gasteiger partial charge in [-0.05, 0) is 37.4 Å². The molecule has 0 aromatic heterocycles. The van der Waals surface area contributed by atoms with Crippen LogP contribution in [0.1, 0.15) is 45.7 Å². The first-order valence-electron chi connectivity index (χ1n) is 5.58. The van der Waals surface area contributed by atoms with E-state index in [9.17, 15) is 0 Å². The highest BCUT2D eigenvalue weighted by molar-refractivity contribution is 5.37. The summed E-state index contributed by atoms with van der Waals surface area (Å²) in [7, 11) is 2.01. The number of hydrogen-bond donors (Lipinski definition) is 1. The fraction of sp³-hybridized carbons (Fsp3) is 0.571. The molecule has 1 N–H and O–H groups in total. The summed E-state index contributed by atoms with van der Waals surface area (Å²) in [6, 6.07) is 8.69. The average Bonchev–Trinajstić information content (AvgIpc) is 2.16. The van der Waals surface area contributed by atoms with E-state index in [0.717, 1.165) is 0 Å². The van der Waals surface area contributed by atoms with Gasteiger partial charge < -0.3 is 5.32 Å². The van der Waals surface area contributed by atoms with Gasteiger partial charge in [0.1, 0.15) is 0 Å². The normalized spacial score (nSPS) is 12.9. The van der Waals surface area contributed by atoms with Gasteiger partial charge in [-0.1, -0.05) is 45.0 Å². The lowest BCUT2D eigenvalue weighted by Crippen LogP contribution is -2.35. The molecule has 1 nitrogen and oxygen atoms in total. The molecule has 0 unspecified atom stereocenters. The number of nitrogens with one attached hydrogen (secondary N) is 1. The van der Waals surface area contributed by atoms with E-state index in [1.807, 2.05) is 7.05 Å². The molecule has 0 saturated heterocycles. The van der Waals surface area contributed by atoms with Crippen LogP contribution in [0.15, 0.2) is 24.3 Å². The van der Waals surface area contributed by atoms with Crippen LogP contribution in [0.25, 0.3) is 0 Å². The molecule has 0 bridgehead atoms. The zero-order valence-electron chi connectivity index (χ0n) is 10.8. The third-order valence-corrected chi connectivity index (χ3v) is 3.03. The molecule has 1 aromatic rings. The first-order chi connectivity index (χ1) is 6.79. The lowest BCUT2D eigenvalue weighted by molar-refractivity contribution is 0.429. The van der Waals surface area contributed by atoms with Crippen molar-refractivity contribution in [1.29, 1.82) is 0 Å². The van der Waals surface area contributed by atoms with Crippen LogP contribution >= 0.6 is 0 Å². The number of rotatable bonds is 2. The molecule has 0 saturated carbocycles. The molecule has 0 spiro atoms. The van der Waals surface area contributed by atoms with Crippen molar-refractivity contribution in [2.24, 2.45) is 0 Å². The Labute approximate surface area is 93.9 Å². The standard InChI is InChI=1S/C14H23N/c1-13(2,3)11-9-7-8-10-12(11)14(4,5)15-6/h7-10,15H,1-6H3. The monoisotopic (exact) mass is 205 g/mol. The van der Waals surface area contributed by atoms with Crippen molar-refractivity contribution in [3.63, 3.8) is 0 Å². The van der Waals surface area contributed by atoms with E-state index < -0.39 is 0 Å². The van der Waals surface area contributed by atoms with Crippen molar-refractivity contribution < 1.29 is 0 Å². The third-order valence-electron chi connectivity index (χ3n) is 3.03. The van der Waals surface area contributed by atoms with Crippen molar-refractivity contribution in [1.82, 2.24) is 5.32 Å². The van der Waals surface area contributed by atoms with Crippen molar-refractivity contribution >= 4 is 0 Å². The highest BCUT2D eigenvalue weighted by Crippen LogP contribution is 2.31. The Kier molecular flexibility index (Phi) is 3.25. The zero-order chi connectivity index (χ0) is 11.7. The van der Waals surface area contributed by atoms with E-state index in [-0.39, 0.29) is 11.0 Å². The minimum Gasteiger partial charge on any atom is -0.311 e. The molecule has 0 fully saturated rings. The molecular weight excluding hydrogens is 182 g/mol. The van der Waals surface area contributed by atoms with Gasteiger partial charge in [-0.25, -0.2) is 0 Å². The smallest absolute Gasteiger partial charge is 0.0377 e. The van der Waals surface area contributed by atoms with E-state index in [0.29, 0.717) is 0 Å². The summed E-state index contributed by atoms with van der Waals surface area (Å²) in [6.07, 6.45) is 0. The Morgan fingerprint density at radius 2 is 1.33 bits per heavy atom. The minimum atomic E-state index is 0.0316. The minimum absolute atomic E-state index is 0.0316. The maximum atomic E-state index is 3.37. The lowest BCUT2D eigenvalue weighted by Gasteiger charge is -2.32. The number of benzene rings is 1. The second kappa shape index (κ2) is 3.97. The third kappa shape index (κ3) is 2.60. The Hall–Kier alpha value is -0.820. The van der Waals surface area contributed by atoms with Crippen LogP contribution in [0, 0.1) is 0 Å². The summed E-state index contributed by atoms with van der Waals surface area (Å²) in [5.41, 5.74) is 3.04. The van der Waals surface area contributed by atoms with Gasteiger partial charge in [-0.3, -0.25) is 0 Å². The van der Waals surface area contributed by atoms with Crippen LogP contribution in [-0.2, 0) is 11.0 Å². The largest absolute Gasteiger partial charge is 0.311 e. The Morgan fingerprint density at radius 3 is 1.73 bits per heavy atom. The van der Waals surface area contributed by atoms with Crippen molar-refractivity contribution in [2.45, 2.75) is 45.6 Å². The van der Waals surface area contributed by atoms with E-state index >= 15 is 0 Å². The van der Waals surface area contributed by atoms with Gasteiger partial charge in [0.2, 0.25) is 0 Å². The molecule has 0 aliphatic rings. The van der Waals surface area contributed by atoms with Gasteiger partial charge in [0.15, 0.2) is 0 Å². The molecule has 1 aromatic carbocycles. The SMILES string of the molecule is CNC(C)(C)c1ccccc1C(C)(C)C. The quantitative estimate of drug-likeness (QED) is 0.780. The molecule has 1 rings (SSSR count). The predicted octanol–water partition coefficient (Wildman–Crippen LogP) is 3.44. The van der Waals surface area contributed by atoms with Crippen LogP contribution in [0.2, 0.25) is 0 Å². The average molecular weight is 205 g/mol. The van der Waals surface area contributed by atoms with Gasteiger partial charge >= 0.3 is 0 Å². The van der Waals surface area contributed by atoms with Gasteiger partial charge in [0.05, 0.1) is 0 Å². The topological polar surface area (TPSA) is 12.0 Å². The lowest BCUT2D eigenvalue weighted by atomic mass is 9.78. The van der Waals surface area contributed by atoms with E-state index in [1.54, 1.807) is 0 Å². The summed E-state index contributed by atoms with van der Waals surface area (Å²) in [5, 5.41) is 3.37. The second-order valence-electron chi connectivity index (χ2n) is 5.67. The van der Waals surface area contributed by atoms with Crippen LogP contribution < -0.4 is 5.32 Å². The van der Waals surface area contributed by atoms with Gasteiger partial charge in [-0.2, -0.15) is 0 Å². The van der Waals surface area contributed by atoms with Crippen LogP contribution in [-0.4, -0.2) is 7.05 Å². The molecule has 0 radical (unpaired) electrons. The highest BCUT2D eigenvalue weighted by atomic mass is 14.9. The fourth-order valence-corrected chi connectivity index (χ4v) is 1.82. The molecule has 1 heteroatoms. The molecule has 0 aliphatic heterocycles. The van der Waals surface area contributed by atoms with Crippen LogP contribution in [0.5, 0.6) is 0 Å². The first kappa shape index (κ1) is 12.3. The molecule has 84 valence electrons. The Morgan fingerprint density at radius 1 is 0.867 bits per heavy atom. The fourth-order valence-electron chi connectivity index (χ4n) is 1.82.